The molecule has 5 rings (SSSR count). The zero-order valence-electron chi connectivity index (χ0n) is 19.3. The number of methoxy groups -OCH3 is 1. The summed E-state index contributed by atoms with van der Waals surface area (Å²) in [7, 11) is 1.70. The summed E-state index contributed by atoms with van der Waals surface area (Å²) in [6.07, 6.45) is 10.00. The van der Waals surface area contributed by atoms with Crippen LogP contribution in [0.4, 0.5) is 0 Å². The maximum Gasteiger partial charge on any atom is 0.171 e. The van der Waals surface area contributed by atoms with E-state index in [0.717, 1.165) is 49.9 Å². The van der Waals surface area contributed by atoms with Crippen LogP contribution in [0, 0.1) is 47.8 Å². The lowest BCUT2D eigenvalue weighted by Gasteiger charge is -2.57. The van der Waals surface area contributed by atoms with Crippen molar-refractivity contribution < 1.29 is 14.6 Å². The largest absolute Gasteiger partial charge is 0.387 e. The topological polar surface area (TPSA) is 90.1 Å². The molecule has 0 bridgehead atoms. The van der Waals surface area contributed by atoms with Gasteiger partial charge in [0.1, 0.15) is 6.54 Å². The summed E-state index contributed by atoms with van der Waals surface area (Å²) in [6, 6.07) is 0. The number of aromatic nitrogens is 4. The van der Waals surface area contributed by atoms with Gasteiger partial charge in [0.25, 0.3) is 0 Å². The molecular formula is C24H38N4O3. The first-order chi connectivity index (χ1) is 14.8. The third-order valence-electron chi connectivity index (χ3n) is 9.76. The summed E-state index contributed by atoms with van der Waals surface area (Å²) in [4.78, 5) is 14.7. The average molecular weight is 431 g/mol. The zero-order valence-corrected chi connectivity index (χ0v) is 19.3. The number of ketones is 1. The van der Waals surface area contributed by atoms with Crippen LogP contribution >= 0.6 is 0 Å². The molecule has 4 aliphatic rings. The minimum absolute atomic E-state index is 0.117. The molecule has 172 valence electrons. The Morgan fingerprint density at radius 1 is 1.13 bits per heavy atom. The second kappa shape index (κ2) is 7.91. The summed E-state index contributed by atoms with van der Waals surface area (Å²) in [6.45, 7) is 4.92. The lowest BCUT2D eigenvalue weighted by molar-refractivity contribution is -0.137. The van der Waals surface area contributed by atoms with Crippen molar-refractivity contribution in [2.75, 3.05) is 13.7 Å². The number of Topliss-reactive ketones (excluding diaryl/α,β-unsaturated/α-hetero) is 1. The summed E-state index contributed by atoms with van der Waals surface area (Å²) >= 11 is 0. The molecule has 4 fully saturated rings. The molecule has 0 aliphatic heterocycles. The van der Waals surface area contributed by atoms with E-state index in [1.54, 1.807) is 14.0 Å². The second-order valence-electron chi connectivity index (χ2n) is 11.3. The normalized spacial score (nSPS) is 44.4. The van der Waals surface area contributed by atoms with Gasteiger partial charge in [-0.1, -0.05) is 6.92 Å². The van der Waals surface area contributed by atoms with Crippen LogP contribution in [0.25, 0.3) is 0 Å². The molecule has 0 saturated heterocycles. The monoisotopic (exact) mass is 430 g/mol. The molecule has 1 aromatic heterocycles. The van der Waals surface area contributed by atoms with Gasteiger partial charge in [-0.15, -0.1) is 10.2 Å². The van der Waals surface area contributed by atoms with Crippen LogP contribution in [0.3, 0.4) is 0 Å². The van der Waals surface area contributed by atoms with E-state index in [0.29, 0.717) is 24.3 Å². The number of fused-ring (bicyclic) bond motifs is 5. The fourth-order valence-corrected chi connectivity index (χ4v) is 8.53. The highest BCUT2D eigenvalue weighted by molar-refractivity contribution is 5.81. The van der Waals surface area contributed by atoms with Gasteiger partial charge in [-0.2, -0.15) is 4.80 Å². The van der Waals surface area contributed by atoms with Crippen molar-refractivity contribution in [2.45, 2.75) is 83.8 Å². The lowest BCUT2D eigenvalue weighted by Crippen LogP contribution is -2.52. The molecule has 4 aliphatic carbocycles. The van der Waals surface area contributed by atoms with Gasteiger partial charge in [-0.05, 0) is 105 Å². The molecule has 7 heteroatoms. The fraction of sp³-hybridized carbons (Fsp3) is 0.917. The molecule has 1 aromatic rings. The summed E-state index contributed by atoms with van der Waals surface area (Å²) in [5.74, 6) is 4.60. The number of carbonyl (C=O) groups excluding carboxylic acids is 1. The van der Waals surface area contributed by atoms with E-state index in [1.165, 1.54) is 30.5 Å². The summed E-state index contributed by atoms with van der Waals surface area (Å²) < 4.78 is 5.32. The van der Waals surface area contributed by atoms with Crippen molar-refractivity contribution in [3.63, 3.8) is 0 Å². The average Bonchev–Trinajstić information content (AvgIpc) is 3.29. The van der Waals surface area contributed by atoms with Crippen LogP contribution in [0.15, 0.2) is 0 Å². The molecule has 1 N–H and O–H groups in total. The van der Waals surface area contributed by atoms with E-state index in [1.807, 2.05) is 0 Å². The molecule has 0 amide bonds. The first kappa shape index (κ1) is 21.5. The Kier molecular flexibility index (Phi) is 5.48. The van der Waals surface area contributed by atoms with E-state index < -0.39 is 5.60 Å². The van der Waals surface area contributed by atoms with Crippen LogP contribution in [-0.2, 0) is 16.1 Å². The first-order valence-electron chi connectivity index (χ1n) is 12.3. The number of tetrazole rings is 1. The maximum absolute atomic E-state index is 13.2. The summed E-state index contributed by atoms with van der Waals surface area (Å²) in [5.41, 5.74) is -0.503. The Labute approximate surface area is 185 Å². The first-order valence-corrected chi connectivity index (χ1v) is 12.3. The summed E-state index contributed by atoms with van der Waals surface area (Å²) in [5, 5.41) is 23.1. The molecule has 31 heavy (non-hydrogen) atoms. The number of rotatable bonds is 5. The van der Waals surface area contributed by atoms with Crippen molar-refractivity contribution in [3.05, 3.63) is 5.82 Å². The quantitative estimate of drug-likeness (QED) is 0.771. The van der Waals surface area contributed by atoms with Gasteiger partial charge in [-0.25, -0.2) is 0 Å². The smallest absolute Gasteiger partial charge is 0.171 e. The Balaban J connectivity index is 1.28. The van der Waals surface area contributed by atoms with Crippen LogP contribution < -0.4 is 0 Å². The van der Waals surface area contributed by atoms with Crippen molar-refractivity contribution in [3.8, 4) is 0 Å². The van der Waals surface area contributed by atoms with E-state index in [2.05, 4.69) is 22.3 Å². The molecule has 0 aromatic carbocycles. The molecule has 8 atom stereocenters. The van der Waals surface area contributed by atoms with Crippen molar-refractivity contribution in [1.82, 2.24) is 20.2 Å². The second-order valence-corrected chi connectivity index (χ2v) is 11.3. The predicted octanol–water partition coefficient (Wildman–Crippen LogP) is 3.20. The molecule has 4 saturated carbocycles. The Hall–Kier alpha value is -1.34. The number of carbonyl (C=O) groups is 1. The maximum atomic E-state index is 13.2. The predicted molar refractivity (Wildman–Crippen MR) is 115 cm³/mol. The number of hydrogen-bond donors (Lipinski definition) is 1. The fourth-order valence-electron chi connectivity index (χ4n) is 8.53. The van der Waals surface area contributed by atoms with Crippen molar-refractivity contribution >= 4 is 5.78 Å². The van der Waals surface area contributed by atoms with E-state index >= 15 is 0 Å². The number of hydrogen-bond acceptors (Lipinski definition) is 6. The number of nitrogens with zero attached hydrogens (tertiary/aromatic N) is 4. The van der Waals surface area contributed by atoms with Crippen LogP contribution in [-0.4, -0.2) is 50.4 Å². The van der Waals surface area contributed by atoms with Crippen LogP contribution in [0.1, 0.15) is 70.5 Å². The van der Waals surface area contributed by atoms with Gasteiger partial charge >= 0.3 is 0 Å². The van der Waals surface area contributed by atoms with E-state index in [-0.39, 0.29) is 23.7 Å². The van der Waals surface area contributed by atoms with Gasteiger partial charge in [0, 0.05) is 13.0 Å². The van der Waals surface area contributed by atoms with E-state index in [9.17, 15) is 9.90 Å². The minimum Gasteiger partial charge on any atom is -0.387 e. The molecule has 0 radical (unpaired) electrons. The van der Waals surface area contributed by atoms with Gasteiger partial charge < -0.3 is 9.84 Å². The highest BCUT2D eigenvalue weighted by atomic mass is 16.5. The SMILES string of the molecule is COC[C@@]1(O)CC[C@H]2[C@@H](CC[C@@H]3[C@@H]2CC[C@]2(C)[C@@H](C(=O)Cn4nnc(C)n4)CC[C@@H]32)C1. The third-order valence-corrected chi connectivity index (χ3v) is 9.76. The van der Waals surface area contributed by atoms with Crippen molar-refractivity contribution in [2.24, 2.45) is 40.9 Å². The Morgan fingerprint density at radius 2 is 1.94 bits per heavy atom. The number of aryl methyl sites for hydroxylation is 1. The standard InChI is InChI=1S/C24H38N4O3/c1-15-25-27-28(26-15)13-22(29)21-7-6-20-19-5-4-16-12-24(30,14-31-3)11-9-17(16)18(19)8-10-23(20,21)2/h16-21,30H,4-14H2,1-3H3/t16-,17-,18+,19+,20-,21+,23-,24+/m0/s1. The Bertz CT molecular complexity index is 828. The lowest BCUT2D eigenvalue weighted by atomic mass is 9.49. The molecule has 0 unspecified atom stereocenters. The minimum atomic E-state index is -0.620. The van der Waals surface area contributed by atoms with Crippen LogP contribution in [0.5, 0.6) is 0 Å². The Morgan fingerprint density at radius 3 is 2.68 bits per heavy atom. The molecule has 0 spiro atoms. The van der Waals surface area contributed by atoms with E-state index in [4.69, 9.17) is 4.74 Å². The van der Waals surface area contributed by atoms with Gasteiger partial charge in [-0.3, -0.25) is 4.79 Å². The van der Waals surface area contributed by atoms with Crippen molar-refractivity contribution in [1.29, 1.82) is 0 Å². The number of aliphatic hydroxyl groups is 1. The molecule has 1 heterocycles. The zero-order chi connectivity index (χ0) is 21.8. The van der Waals surface area contributed by atoms with Gasteiger partial charge in [0.05, 0.1) is 12.2 Å². The third kappa shape index (κ3) is 3.65. The number of ether oxygens (including phenoxy) is 1. The van der Waals surface area contributed by atoms with Gasteiger partial charge in [0.2, 0.25) is 0 Å². The molecular weight excluding hydrogens is 392 g/mol. The molecule has 7 nitrogen and oxygen atoms in total. The van der Waals surface area contributed by atoms with Gasteiger partial charge in [0.15, 0.2) is 11.6 Å². The highest BCUT2D eigenvalue weighted by Crippen LogP contribution is 2.64. The van der Waals surface area contributed by atoms with Crippen LogP contribution in [0.2, 0.25) is 0 Å². The highest BCUT2D eigenvalue weighted by Gasteiger charge is 2.59.